The van der Waals surface area contributed by atoms with Crippen molar-refractivity contribution in [3.05, 3.63) is 0 Å². The summed E-state index contributed by atoms with van der Waals surface area (Å²) >= 11 is 0. The lowest BCUT2D eigenvalue weighted by Gasteiger charge is -2.39. The maximum Gasteiger partial charge on any atom is 0.327 e. The van der Waals surface area contributed by atoms with Gasteiger partial charge in [0.2, 0.25) is 0 Å². The molecule has 1 unspecified atom stereocenters. The predicted octanol–water partition coefficient (Wildman–Crippen LogP) is 2.04. The summed E-state index contributed by atoms with van der Waals surface area (Å²) in [4.78, 5) is 15.0. The van der Waals surface area contributed by atoms with E-state index in [0.717, 1.165) is 44.9 Å². The Balaban J connectivity index is 2.06. The zero-order valence-electron chi connectivity index (χ0n) is 13.3. The van der Waals surface area contributed by atoms with Gasteiger partial charge in [0, 0.05) is 6.54 Å². The summed E-state index contributed by atoms with van der Waals surface area (Å²) in [5.74, 6) is 1.24. The fourth-order valence-corrected chi connectivity index (χ4v) is 3.36. The van der Waals surface area contributed by atoms with Crippen molar-refractivity contribution in [2.45, 2.75) is 52.0 Å². The molecule has 1 heterocycles. The topological polar surface area (TPSA) is 41.6 Å². The first kappa shape index (κ1) is 15.8. The summed E-state index contributed by atoms with van der Waals surface area (Å²) in [5, 5.41) is 3.48. The summed E-state index contributed by atoms with van der Waals surface area (Å²) in [6, 6.07) is 0. The van der Waals surface area contributed by atoms with Crippen LogP contribution in [0, 0.1) is 11.8 Å². The monoisotopic (exact) mass is 282 g/mol. The lowest BCUT2D eigenvalue weighted by atomic mass is 9.90. The summed E-state index contributed by atoms with van der Waals surface area (Å²) in [6.45, 7) is 10.6. The second-order valence-electron chi connectivity index (χ2n) is 6.46. The smallest absolute Gasteiger partial charge is 0.327 e. The van der Waals surface area contributed by atoms with E-state index in [1.165, 1.54) is 12.8 Å². The van der Waals surface area contributed by atoms with E-state index in [9.17, 15) is 4.79 Å². The van der Waals surface area contributed by atoms with Crippen molar-refractivity contribution in [3.63, 3.8) is 0 Å². The Kier molecular flexibility index (Phi) is 5.44. The third-order valence-electron chi connectivity index (χ3n) is 4.76. The molecule has 0 spiro atoms. The Morgan fingerprint density at radius 3 is 2.40 bits per heavy atom. The van der Waals surface area contributed by atoms with E-state index in [0.29, 0.717) is 12.5 Å². The van der Waals surface area contributed by atoms with Crippen molar-refractivity contribution in [2.75, 3.05) is 32.8 Å². The van der Waals surface area contributed by atoms with Crippen LogP contribution in [0.15, 0.2) is 0 Å². The number of ether oxygens (including phenoxy) is 1. The number of nitrogens with zero attached hydrogens (tertiary/aromatic N) is 1. The van der Waals surface area contributed by atoms with Gasteiger partial charge < -0.3 is 15.0 Å². The van der Waals surface area contributed by atoms with Gasteiger partial charge in [-0.05, 0) is 64.1 Å². The van der Waals surface area contributed by atoms with Crippen LogP contribution < -0.4 is 5.32 Å². The van der Waals surface area contributed by atoms with E-state index in [1.54, 1.807) is 0 Å². The molecule has 4 nitrogen and oxygen atoms in total. The molecular weight excluding hydrogens is 252 g/mol. The average molecular weight is 282 g/mol. The molecule has 2 fully saturated rings. The Bertz CT molecular complexity index is 322. The van der Waals surface area contributed by atoms with Gasteiger partial charge in [0.05, 0.1) is 6.61 Å². The Morgan fingerprint density at radius 1 is 1.25 bits per heavy atom. The largest absolute Gasteiger partial charge is 0.465 e. The molecule has 116 valence electrons. The van der Waals surface area contributed by atoms with Gasteiger partial charge >= 0.3 is 5.97 Å². The van der Waals surface area contributed by atoms with Gasteiger partial charge in [-0.15, -0.1) is 0 Å². The van der Waals surface area contributed by atoms with E-state index in [-0.39, 0.29) is 5.97 Å². The highest BCUT2D eigenvalue weighted by molar-refractivity contribution is 5.82. The highest BCUT2D eigenvalue weighted by Gasteiger charge is 2.52. The molecule has 2 rings (SSSR count). The van der Waals surface area contributed by atoms with Crippen LogP contribution in [0.4, 0.5) is 0 Å². The van der Waals surface area contributed by atoms with E-state index < -0.39 is 5.54 Å². The molecule has 0 bridgehead atoms. The molecule has 0 radical (unpaired) electrons. The number of hydrogen-bond donors (Lipinski definition) is 1. The number of carbonyl (C=O) groups is 1. The van der Waals surface area contributed by atoms with Gasteiger partial charge in [-0.25, -0.2) is 4.79 Å². The number of rotatable bonds is 7. The lowest BCUT2D eigenvalue weighted by molar-refractivity contribution is -0.153. The molecule has 0 amide bonds. The fraction of sp³-hybridized carbons (Fsp3) is 0.938. The van der Waals surface area contributed by atoms with E-state index in [1.807, 2.05) is 6.92 Å². The van der Waals surface area contributed by atoms with Gasteiger partial charge in [0.25, 0.3) is 0 Å². The van der Waals surface area contributed by atoms with E-state index in [4.69, 9.17) is 4.74 Å². The van der Waals surface area contributed by atoms with Crippen LogP contribution >= 0.6 is 0 Å². The minimum absolute atomic E-state index is 0.0389. The Labute approximate surface area is 123 Å². The molecule has 0 aromatic carbocycles. The summed E-state index contributed by atoms with van der Waals surface area (Å²) in [7, 11) is 0. The normalized spacial score (nSPS) is 24.4. The third kappa shape index (κ3) is 3.53. The standard InChI is InChI=1S/C16H30N2O2/c1-4-17-16(14-6-7-14,15(19)20-5-2)12-18-10-8-13(3)9-11-18/h13-14,17H,4-12H2,1-3H3. The second-order valence-corrected chi connectivity index (χ2v) is 6.46. The van der Waals surface area contributed by atoms with E-state index >= 15 is 0 Å². The zero-order chi connectivity index (χ0) is 14.6. The highest BCUT2D eigenvalue weighted by Crippen LogP contribution is 2.41. The van der Waals surface area contributed by atoms with Gasteiger partial charge in [-0.1, -0.05) is 13.8 Å². The van der Waals surface area contributed by atoms with Crippen molar-refractivity contribution in [3.8, 4) is 0 Å². The average Bonchev–Trinajstić information content (AvgIpc) is 3.25. The molecule has 20 heavy (non-hydrogen) atoms. The minimum Gasteiger partial charge on any atom is -0.465 e. The zero-order valence-corrected chi connectivity index (χ0v) is 13.3. The number of nitrogens with one attached hydrogen (secondary N) is 1. The molecule has 1 atom stereocenters. The van der Waals surface area contributed by atoms with Gasteiger partial charge in [0.15, 0.2) is 0 Å². The summed E-state index contributed by atoms with van der Waals surface area (Å²) in [5.41, 5.74) is -0.467. The molecule has 1 aliphatic carbocycles. The van der Waals surface area contributed by atoms with E-state index in [2.05, 4.69) is 24.1 Å². The predicted molar refractivity (Wildman–Crippen MR) is 80.6 cm³/mol. The number of likely N-dealkylation sites (N-methyl/N-ethyl adjacent to an activating group) is 1. The lowest BCUT2D eigenvalue weighted by Crippen LogP contribution is -2.62. The highest BCUT2D eigenvalue weighted by atomic mass is 16.5. The van der Waals surface area contributed by atoms with Crippen LogP contribution in [0.3, 0.4) is 0 Å². The van der Waals surface area contributed by atoms with Crippen LogP contribution in [0.25, 0.3) is 0 Å². The first-order valence-corrected chi connectivity index (χ1v) is 8.27. The summed E-state index contributed by atoms with van der Waals surface area (Å²) < 4.78 is 5.40. The number of piperidine rings is 1. The number of likely N-dealkylation sites (tertiary alicyclic amines) is 1. The van der Waals surface area contributed by atoms with Gasteiger partial charge in [-0.2, -0.15) is 0 Å². The van der Waals surface area contributed by atoms with Gasteiger partial charge in [-0.3, -0.25) is 0 Å². The van der Waals surface area contributed by atoms with Crippen molar-refractivity contribution in [1.82, 2.24) is 10.2 Å². The fourth-order valence-electron chi connectivity index (χ4n) is 3.36. The molecular formula is C16H30N2O2. The van der Waals surface area contributed by atoms with Crippen LogP contribution in [0.1, 0.15) is 46.5 Å². The second kappa shape index (κ2) is 6.90. The Morgan fingerprint density at radius 2 is 1.90 bits per heavy atom. The molecule has 0 aromatic heterocycles. The van der Waals surface area contributed by atoms with Crippen LogP contribution in [0.2, 0.25) is 0 Å². The molecule has 1 saturated heterocycles. The van der Waals surface area contributed by atoms with Crippen LogP contribution in [0.5, 0.6) is 0 Å². The van der Waals surface area contributed by atoms with Crippen LogP contribution in [-0.2, 0) is 9.53 Å². The van der Waals surface area contributed by atoms with Crippen LogP contribution in [-0.4, -0.2) is 49.2 Å². The maximum atomic E-state index is 12.6. The number of carbonyl (C=O) groups excluding carboxylic acids is 1. The van der Waals surface area contributed by atoms with Crippen molar-refractivity contribution >= 4 is 5.97 Å². The van der Waals surface area contributed by atoms with Gasteiger partial charge in [0.1, 0.15) is 5.54 Å². The molecule has 2 aliphatic rings. The third-order valence-corrected chi connectivity index (χ3v) is 4.76. The van der Waals surface area contributed by atoms with Crippen molar-refractivity contribution in [2.24, 2.45) is 11.8 Å². The minimum atomic E-state index is -0.467. The SMILES string of the molecule is CCNC(CN1CCC(C)CC1)(C(=O)OCC)C1CC1. The quantitative estimate of drug-likeness (QED) is 0.726. The summed E-state index contributed by atoms with van der Waals surface area (Å²) in [6.07, 6.45) is 4.79. The first-order valence-electron chi connectivity index (χ1n) is 8.27. The van der Waals surface area contributed by atoms with Crippen molar-refractivity contribution in [1.29, 1.82) is 0 Å². The maximum absolute atomic E-state index is 12.6. The molecule has 1 N–H and O–H groups in total. The molecule has 1 saturated carbocycles. The first-order chi connectivity index (χ1) is 9.62. The molecule has 0 aromatic rings. The molecule has 4 heteroatoms. The molecule has 1 aliphatic heterocycles. The Hall–Kier alpha value is -0.610. The number of hydrogen-bond acceptors (Lipinski definition) is 4. The number of esters is 1. The van der Waals surface area contributed by atoms with Crippen molar-refractivity contribution < 1.29 is 9.53 Å².